The van der Waals surface area contributed by atoms with Crippen LogP contribution in [0.4, 0.5) is 13.2 Å². The van der Waals surface area contributed by atoms with Gasteiger partial charge in [0.15, 0.2) is 12.6 Å². The Morgan fingerprint density at radius 1 is 1.30 bits per heavy atom. The van der Waals surface area contributed by atoms with Crippen molar-refractivity contribution in [3.05, 3.63) is 29.8 Å². The molecule has 1 fully saturated rings. The van der Waals surface area contributed by atoms with E-state index in [0.29, 0.717) is 38.8 Å². The maximum atomic E-state index is 12.3. The average Bonchev–Trinajstić information content (AvgIpc) is 3.20. The lowest BCUT2D eigenvalue weighted by Crippen LogP contribution is -2.38. The van der Waals surface area contributed by atoms with Gasteiger partial charge in [0.05, 0.1) is 19.3 Å². The number of benzene rings is 1. The molecule has 0 radical (unpaired) electrons. The molecule has 1 heterocycles. The van der Waals surface area contributed by atoms with Gasteiger partial charge < -0.3 is 24.8 Å². The molecule has 1 atom stereocenters. The van der Waals surface area contributed by atoms with Gasteiger partial charge in [0.2, 0.25) is 0 Å². The van der Waals surface area contributed by atoms with Crippen LogP contribution in [0.2, 0.25) is 0 Å². The van der Waals surface area contributed by atoms with E-state index in [-0.39, 0.29) is 35.8 Å². The van der Waals surface area contributed by atoms with Gasteiger partial charge in [0, 0.05) is 26.3 Å². The van der Waals surface area contributed by atoms with Crippen LogP contribution in [-0.4, -0.2) is 57.8 Å². The Bertz CT molecular complexity index is 627. The molecule has 1 aliphatic rings. The summed E-state index contributed by atoms with van der Waals surface area (Å²) in [7, 11) is 0. The second-order valence-corrected chi connectivity index (χ2v) is 6.74. The van der Waals surface area contributed by atoms with E-state index in [9.17, 15) is 13.2 Å². The van der Waals surface area contributed by atoms with Crippen LogP contribution in [0.1, 0.15) is 31.7 Å². The number of hydrogen-bond acceptors (Lipinski definition) is 4. The zero-order chi connectivity index (χ0) is 21.0. The maximum Gasteiger partial charge on any atom is 0.422 e. The second-order valence-electron chi connectivity index (χ2n) is 6.74. The van der Waals surface area contributed by atoms with E-state index in [0.717, 1.165) is 31.4 Å². The van der Waals surface area contributed by atoms with Crippen molar-refractivity contribution in [3.8, 4) is 5.75 Å². The maximum absolute atomic E-state index is 12.3. The van der Waals surface area contributed by atoms with Gasteiger partial charge in [-0.25, -0.2) is 4.99 Å². The number of nitrogens with zero attached hydrogens (tertiary/aromatic N) is 1. The summed E-state index contributed by atoms with van der Waals surface area (Å²) in [6.45, 7) is 4.50. The molecule has 6 nitrogen and oxygen atoms in total. The molecular formula is C20H31F3IN3O3. The van der Waals surface area contributed by atoms with E-state index in [1.54, 1.807) is 18.2 Å². The van der Waals surface area contributed by atoms with Crippen LogP contribution in [0.3, 0.4) is 0 Å². The Morgan fingerprint density at radius 3 is 2.83 bits per heavy atom. The van der Waals surface area contributed by atoms with Crippen LogP contribution < -0.4 is 15.4 Å². The van der Waals surface area contributed by atoms with Crippen LogP contribution in [0.25, 0.3) is 0 Å². The van der Waals surface area contributed by atoms with Gasteiger partial charge in [0.25, 0.3) is 0 Å². The summed E-state index contributed by atoms with van der Waals surface area (Å²) in [5.41, 5.74) is 0.766. The van der Waals surface area contributed by atoms with E-state index >= 15 is 0 Å². The monoisotopic (exact) mass is 545 g/mol. The van der Waals surface area contributed by atoms with Crippen molar-refractivity contribution < 1.29 is 27.4 Å². The van der Waals surface area contributed by atoms with Crippen molar-refractivity contribution in [2.75, 3.05) is 39.5 Å². The molecule has 0 bridgehead atoms. The summed E-state index contributed by atoms with van der Waals surface area (Å²) in [5.74, 6) is 0.824. The highest BCUT2D eigenvalue weighted by Gasteiger charge is 2.28. The SMILES string of the molecule is CCNC(=NCc1cccc(OCC(F)(F)F)c1)NCCCOCC1CCCO1.I. The first-order valence-electron chi connectivity index (χ1n) is 9.96. The molecule has 2 rings (SSSR count). The summed E-state index contributed by atoms with van der Waals surface area (Å²) >= 11 is 0. The molecule has 10 heteroatoms. The summed E-state index contributed by atoms with van der Waals surface area (Å²) in [4.78, 5) is 4.47. The van der Waals surface area contributed by atoms with Gasteiger partial charge in [-0.2, -0.15) is 13.2 Å². The zero-order valence-corrected chi connectivity index (χ0v) is 19.5. The Labute approximate surface area is 193 Å². The predicted octanol–water partition coefficient (Wildman–Crippen LogP) is 3.89. The molecule has 1 aromatic rings. The van der Waals surface area contributed by atoms with Crippen molar-refractivity contribution in [1.82, 2.24) is 10.6 Å². The number of nitrogens with one attached hydrogen (secondary N) is 2. The Morgan fingerprint density at radius 2 is 2.13 bits per heavy atom. The van der Waals surface area contributed by atoms with Gasteiger partial charge in [-0.15, -0.1) is 24.0 Å². The molecule has 0 amide bonds. The van der Waals surface area contributed by atoms with Crippen LogP contribution >= 0.6 is 24.0 Å². The minimum absolute atomic E-state index is 0. The molecule has 172 valence electrons. The van der Waals surface area contributed by atoms with Crippen LogP contribution in [-0.2, 0) is 16.0 Å². The third kappa shape index (κ3) is 11.8. The van der Waals surface area contributed by atoms with Crippen LogP contribution in [0.5, 0.6) is 5.75 Å². The first-order chi connectivity index (χ1) is 14.0. The van der Waals surface area contributed by atoms with E-state index in [1.165, 1.54) is 6.07 Å². The van der Waals surface area contributed by atoms with Gasteiger partial charge in [-0.1, -0.05) is 12.1 Å². The number of ether oxygens (including phenoxy) is 3. The highest BCUT2D eigenvalue weighted by molar-refractivity contribution is 14.0. The summed E-state index contributed by atoms with van der Waals surface area (Å²) in [6.07, 6.45) is -1.12. The molecule has 1 aliphatic heterocycles. The first kappa shape index (κ1) is 26.8. The minimum atomic E-state index is -4.36. The number of aliphatic imine (C=N–C) groups is 1. The van der Waals surface area contributed by atoms with E-state index in [4.69, 9.17) is 14.2 Å². The van der Waals surface area contributed by atoms with Crippen molar-refractivity contribution in [3.63, 3.8) is 0 Å². The third-order valence-corrected chi connectivity index (χ3v) is 4.15. The fourth-order valence-electron chi connectivity index (χ4n) is 2.78. The summed E-state index contributed by atoms with van der Waals surface area (Å²) in [5, 5.41) is 6.37. The lowest BCUT2D eigenvalue weighted by molar-refractivity contribution is -0.153. The lowest BCUT2D eigenvalue weighted by atomic mass is 10.2. The summed E-state index contributed by atoms with van der Waals surface area (Å²) < 4.78 is 52.7. The highest BCUT2D eigenvalue weighted by Crippen LogP contribution is 2.19. The van der Waals surface area contributed by atoms with Gasteiger partial charge >= 0.3 is 6.18 Å². The van der Waals surface area contributed by atoms with Crippen molar-refractivity contribution in [2.24, 2.45) is 4.99 Å². The van der Waals surface area contributed by atoms with E-state index in [1.807, 2.05) is 6.92 Å². The number of hydrogen-bond donors (Lipinski definition) is 2. The molecular weight excluding hydrogens is 514 g/mol. The largest absolute Gasteiger partial charge is 0.484 e. The molecule has 0 aliphatic carbocycles. The van der Waals surface area contributed by atoms with Crippen molar-refractivity contribution in [1.29, 1.82) is 0 Å². The Balaban J connectivity index is 0.00000450. The molecule has 30 heavy (non-hydrogen) atoms. The number of alkyl halides is 3. The minimum Gasteiger partial charge on any atom is -0.484 e. The molecule has 2 N–H and O–H groups in total. The fraction of sp³-hybridized carbons (Fsp3) is 0.650. The molecule has 0 saturated carbocycles. The molecule has 1 saturated heterocycles. The van der Waals surface area contributed by atoms with E-state index < -0.39 is 12.8 Å². The quantitative estimate of drug-likeness (QED) is 0.191. The Hall–Kier alpha value is -1.27. The highest BCUT2D eigenvalue weighted by atomic mass is 127. The van der Waals surface area contributed by atoms with Crippen LogP contribution in [0, 0.1) is 0 Å². The molecule has 1 aromatic carbocycles. The Kier molecular flexibility index (Phi) is 13.1. The number of guanidine groups is 1. The molecule has 0 aromatic heterocycles. The second kappa shape index (κ2) is 14.7. The van der Waals surface area contributed by atoms with Crippen LogP contribution in [0.15, 0.2) is 29.3 Å². The van der Waals surface area contributed by atoms with Gasteiger partial charge in [-0.05, 0) is 43.9 Å². The normalized spacial score (nSPS) is 16.8. The van der Waals surface area contributed by atoms with Gasteiger partial charge in [0.1, 0.15) is 5.75 Å². The smallest absolute Gasteiger partial charge is 0.422 e. The predicted molar refractivity (Wildman–Crippen MR) is 121 cm³/mol. The topological polar surface area (TPSA) is 64.1 Å². The van der Waals surface area contributed by atoms with E-state index in [2.05, 4.69) is 15.6 Å². The lowest BCUT2D eigenvalue weighted by Gasteiger charge is -2.13. The summed E-state index contributed by atoms with van der Waals surface area (Å²) in [6, 6.07) is 6.52. The standard InChI is InChI=1S/C20H30F3N3O3.HI/c1-2-24-19(25-9-5-10-27-14-18-8-4-11-28-18)26-13-16-6-3-7-17(12-16)29-15-20(21,22)23;/h3,6-7,12,18H,2,4-5,8-11,13-15H2,1H3,(H2,24,25,26);1H. The first-order valence-corrected chi connectivity index (χ1v) is 9.96. The van der Waals surface area contributed by atoms with Crippen molar-refractivity contribution in [2.45, 2.75) is 45.0 Å². The average molecular weight is 545 g/mol. The number of halogens is 4. The fourth-order valence-corrected chi connectivity index (χ4v) is 2.78. The van der Waals surface area contributed by atoms with Crippen molar-refractivity contribution >= 4 is 29.9 Å². The molecule has 0 spiro atoms. The number of rotatable bonds is 11. The van der Waals surface area contributed by atoms with Gasteiger partial charge in [-0.3, -0.25) is 0 Å². The third-order valence-electron chi connectivity index (χ3n) is 4.15. The molecule has 1 unspecified atom stereocenters. The zero-order valence-electron chi connectivity index (χ0n) is 17.2.